The van der Waals surface area contributed by atoms with Crippen molar-refractivity contribution in [2.45, 2.75) is 26.2 Å². The number of carboxylic acid groups (broad SMARTS) is 1. The summed E-state index contributed by atoms with van der Waals surface area (Å²) in [6.45, 7) is 1.72. The summed E-state index contributed by atoms with van der Waals surface area (Å²) in [7, 11) is 0. The average molecular weight is 239 g/mol. The summed E-state index contributed by atoms with van der Waals surface area (Å²) in [4.78, 5) is 34.1. The van der Waals surface area contributed by atoms with Gasteiger partial charge in [0, 0.05) is 6.42 Å². The Morgan fingerprint density at radius 2 is 2.29 bits per heavy atom. The zero-order chi connectivity index (χ0) is 13.1. The fourth-order valence-electron chi connectivity index (χ4n) is 1.88. The Labute approximate surface area is 98.2 Å². The van der Waals surface area contributed by atoms with E-state index in [1.165, 1.54) is 0 Å². The van der Waals surface area contributed by atoms with E-state index in [1.807, 2.05) is 0 Å². The van der Waals surface area contributed by atoms with Gasteiger partial charge < -0.3 is 9.84 Å². The standard InChI is InChI=1S/C11H13NO5/c1-2-17-9(14)7-5-11(6-12,10(15)16)4-3-8(7)13/h7H,2-5H2,1H3,(H,15,16). The lowest BCUT2D eigenvalue weighted by molar-refractivity contribution is -0.158. The predicted molar refractivity (Wildman–Crippen MR) is 54.7 cm³/mol. The van der Waals surface area contributed by atoms with Gasteiger partial charge in [0.15, 0.2) is 5.41 Å². The van der Waals surface area contributed by atoms with E-state index in [-0.39, 0.29) is 31.7 Å². The number of ketones is 1. The van der Waals surface area contributed by atoms with Crippen molar-refractivity contribution in [3.8, 4) is 6.07 Å². The summed E-state index contributed by atoms with van der Waals surface area (Å²) >= 11 is 0. The second-order valence-electron chi connectivity index (χ2n) is 3.97. The third-order valence-electron chi connectivity index (χ3n) is 2.93. The van der Waals surface area contributed by atoms with Crippen molar-refractivity contribution >= 4 is 17.7 Å². The molecule has 0 saturated heterocycles. The molecule has 1 aliphatic rings. The van der Waals surface area contributed by atoms with Crippen molar-refractivity contribution in [1.29, 1.82) is 5.26 Å². The highest BCUT2D eigenvalue weighted by Gasteiger charge is 2.49. The Hall–Kier alpha value is -1.90. The molecule has 0 amide bonds. The van der Waals surface area contributed by atoms with Gasteiger partial charge in [-0.1, -0.05) is 0 Å². The number of rotatable bonds is 3. The molecule has 6 nitrogen and oxygen atoms in total. The van der Waals surface area contributed by atoms with Crippen molar-refractivity contribution in [1.82, 2.24) is 0 Å². The van der Waals surface area contributed by atoms with E-state index in [2.05, 4.69) is 0 Å². The molecule has 0 aromatic heterocycles. The number of nitriles is 1. The molecule has 1 N–H and O–H groups in total. The van der Waals surface area contributed by atoms with Crippen LogP contribution in [0.2, 0.25) is 0 Å². The van der Waals surface area contributed by atoms with E-state index in [9.17, 15) is 14.4 Å². The first-order chi connectivity index (χ1) is 7.96. The lowest BCUT2D eigenvalue weighted by Gasteiger charge is -2.30. The number of ether oxygens (including phenoxy) is 1. The highest BCUT2D eigenvalue weighted by molar-refractivity contribution is 6.01. The van der Waals surface area contributed by atoms with Gasteiger partial charge in [0.25, 0.3) is 0 Å². The molecule has 1 rings (SSSR count). The number of hydrogen-bond acceptors (Lipinski definition) is 5. The predicted octanol–water partition coefficient (Wildman–Crippen LogP) is 0.513. The van der Waals surface area contributed by atoms with Crippen LogP contribution in [0, 0.1) is 22.7 Å². The number of Topliss-reactive ketones (excluding diaryl/α,β-unsaturated/α-hetero) is 1. The molecular formula is C11H13NO5. The fourth-order valence-corrected chi connectivity index (χ4v) is 1.88. The summed E-state index contributed by atoms with van der Waals surface area (Å²) in [6, 6.07) is 1.70. The Bertz CT molecular complexity index is 397. The summed E-state index contributed by atoms with van der Waals surface area (Å²) in [5.74, 6) is -3.50. The summed E-state index contributed by atoms with van der Waals surface area (Å²) < 4.78 is 4.71. The number of hydrogen-bond donors (Lipinski definition) is 1. The van der Waals surface area contributed by atoms with Gasteiger partial charge in [0.05, 0.1) is 12.7 Å². The quantitative estimate of drug-likeness (QED) is 0.568. The number of nitrogens with zero attached hydrogens (tertiary/aromatic N) is 1. The Balaban J connectivity index is 2.93. The van der Waals surface area contributed by atoms with Gasteiger partial charge in [0.2, 0.25) is 0 Å². The molecule has 1 saturated carbocycles. The van der Waals surface area contributed by atoms with Crippen LogP contribution in [-0.4, -0.2) is 29.4 Å². The highest BCUT2D eigenvalue weighted by atomic mass is 16.5. The van der Waals surface area contributed by atoms with E-state index in [0.29, 0.717) is 0 Å². The third kappa shape index (κ3) is 2.44. The van der Waals surface area contributed by atoms with Crippen LogP contribution in [0.25, 0.3) is 0 Å². The smallest absolute Gasteiger partial charge is 0.324 e. The zero-order valence-corrected chi connectivity index (χ0v) is 9.43. The molecular weight excluding hydrogens is 226 g/mol. The second kappa shape index (κ2) is 4.95. The highest BCUT2D eigenvalue weighted by Crippen LogP contribution is 2.38. The lowest BCUT2D eigenvalue weighted by Crippen LogP contribution is -2.42. The van der Waals surface area contributed by atoms with Gasteiger partial charge >= 0.3 is 11.9 Å². The Morgan fingerprint density at radius 3 is 2.76 bits per heavy atom. The van der Waals surface area contributed by atoms with Crippen molar-refractivity contribution in [3.05, 3.63) is 0 Å². The minimum atomic E-state index is -1.65. The van der Waals surface area contributed by atoms with Crippen LogP contribution in [0.1, 0.15) is 26.2 Å². The monoisotopic (exact) mass is 239 g/mol. The van der Waals surface area contributed by atoms with Crippen molar-refractivity contribution in [3.63, 3.8) is 0 Å². The maximum atomic E-state index is 11.5. The number of aliphatic carboxylic acids is 1. The zero-order valence-electron chi connectivity index (χ0n) is 9.43. The Kier molecular flexibility index (Phi) is 3.84. The molecule has 2 atom stereocenters. The minimum Gasteiger partial charge on any atom is -0.480 e. The fraction of sp³-hybridized carbons (Fsp3) is 0.636. The van der Waals surface area contributed by atoms with Gasteiger partial charge in [0.1, 0.15) is 11.7 Å². The van der Waals surface area contributed by atoms with E-state index in [0.717, 1.165) is 0 Å². The number of esters is 1. The van der Waals surface area contributed by atoms with Gasteiger partial charge in [-0.05, 0) is 19.8 Å². The first-order valence-corrected chi connectivity index (χ1v) is 5.31. The van der Waals surface area contributed by atoms with Crippen LogP contribution in [-0.2, 0) is 19.1 Å². The molecule has 0 aromatic rings. The van der Waals surface area contributed by atoms with E-state index < -0.39 is 23.3 Å². The van der Waals surface area contributed by atoms with E-state index in [1.54, 1.807) is 13.0 Å². The van der Waals surface area contributed by atoms with Crippen molar-refractivity contribution in [2.24, 2.45) is 11.3 Å². The van der Waals surface area contributed by atoms with Crippen LogP contribution in [0.15, 0.2) is 0 Å². The van der Waals surface area contributed by atoms with Gasteiger partial charge in [-0.2, -0.15) is 5.26 Å². The molecule has 0 bridgehead atoms. The minimum absolute atomic E-state index is 0.0480. The molecule has 0 heterocycles. The summed E-state index contributed by atoms with van der Waals surface area (Å²) in [5, 5.41) is 18.0. The molecule has 0 aromatic carbocycles. The molecule has 0 radical (unpaired) electrons. The normalized spacial score (nSPS) is 28.2. The SMILES string of the molecule is CCOC(=O)C1CC(C#N)(C(=O)O)CCC1=O. The van der Waals surface area contributed by atoms with E-state index in [4.69, 9.17) is 15.1 Å². The summed E-state index contributed by atoms with van der Waals surface area (Å²) in [6.07, 6.45) is -0.423. The van der Waals surface area contributed by atoms with Crippen LogP contribution in [0.5, 0.6) is 0 Å². The lowest BCUT2D eigenvalue weighted by atomic mass is 9.70. The first-order valence-electron chi connectivity index (χ1n) is 5.31. The molecule has 92 valence electrons. The van der Waals surface area contributed by atoms with E-state index >= 15 is 0 Å². The van der Waals surface area contributed by atoms with Crippen LogP contribution < -0.4 is 0 Å². The second-order valence-corrected chi connectivity index (χ2v) is 3.97. The maximum Gasteiger partial charge on any atom is 0.324 e. The van der Waals surface area contributed by atoms with Crippen LogP contribution in [0.4, 0.5) is 0 Å². The van der Waals surface area contributed by atoms with Gasteiger partial charge in [-0.15, -0.1) is 0 Å². The average Bonchev–Trinajstić information content (AvgIpc) is 2.30. The van der Waals surface area contributed by atoms with Crippen molar-refractivity contribution < 1.29 is 24.2 Å². The first kappa shape index (κ1) is 13.2. The number of carboxylic acids is 1. The number of carbonyl (C=O) groups is 3. The van der Waals surface area contributed by atoms with Gasteiger partial charge in [-0.3, -0.25) is 14.4 Å². The largest absolute Gasteiger partial charge is 0.480 e. The summed E-state index contributed by atoms with van der Waals surface area (Å²) in [5.41, 5.74) is -1.65. The van der Waals surface area contributed by atoms with Crippen LogP contribution >= 0.6 is 0 Å². The molecule has 0 spiro atoms. The number of carbonyl (C=O) groups excluding carboxylic acids is 2. The van der Waals surface area contributed by atoms with Crippen LogP contribution in [0.3, 0.4) is 0 Å². The molecule has 2 unspecified atom stereocenters. The molecule has 1 fully saturated rings. The molecule has 1 aliphatic carbocycles. The maximum absolute atomic E-state index is 11.5. The molecule has 17 heavy (non-hydrogen) atoms. The third-order valence-corrected chi connectivity index (χ3v) is 2.93. The van der Waals surface area contributed by atoms with Gasteiger partial charge in [-0.25, -0.2) is 0 Å². The van der Waals surface area contributed by atoms with Crippen molar-refractivity contribution in [2.75, 3.05) is 6.61 Å². The Morgan fingerprint density at radius 1 is 1.65 bits per heavy atom. The molecule has 0 aliphatic heterocycles. The molecule has 6 heteroatoms. The topological polar surface area (TPSA) is 104 Å².